The summed E-state index contributed by atoms with van der Waals surface area (Å²) in [5, 5.41) is 0. The molecule has 1 atom stereocenters. The van der Waals surface area contributed by atoms with Crippen LogP contribution in [0.15, 0.2) is 22.8 Å². The molecule has 0 heterocycles. The van der Waals surface area contributed by atoms with E-state index in [-0.39, 0.29) is 23.1 Å². The van der Waals surface area contributed by atoms with Crippen molar-refractivity contribution in [2.75, 3.05) is 7.11 Å². The molecule has 0 N–H and O–H groups in total. The molecule has 0 aromatic carbocycles. The van der Waals surface area contributed by atoms with Gasteiger partial charge >= 0.3 is 5.97 Å². The number of hydrogen-bond acceptors (Lipinski definition) is 3. The van der Waals surface area contributed by atoms with Crippen molar-refractivity contribution in [2.24, 2.45) is 11.3 Å². The number of ketones is 1. The van der Waals surface area contributed by atoms with Gasteiger partial charge in [0.25, 0.3) is 0 Å². The van der Waals surface area contributed by atoms with Crippen LogP contribution in [0.1, 0.15) is 32.6 Å². The Bertz CT molecular complexity index is 478. The molecule has 1 spiro atoms. The summed E-state index contributed by atoms with van der Waals surface area (Å²) in [6, 6.07) is 0. The average Bonchev–Trinajstić information content (AvgIpc) is 3.02. The Morgan fingerprint density at radius 2 is 2.18 bits per heavy atom. The molecule has 0 aromatic rings. The Hall–Kier alpha value is -1.38. The third-order valence-electron chi connectivity index (χ3n) is 4.46. The number of allylic oxidation sites excluding steroid dienone is 3. The van der Waals surface area contributed by atoms with Crippen LogP contribution in [0.25, 0.3) is 0 Å². The third-order valence-corrected chi connectivity index (χ3v) is 4.46. The Morgan fingerprint density at radius 3 is 2.76 bits per heavy atom. The number of hydrogen-bond donors (Lipinski definition) is 0. The zero-order valence-electron chi connectivity index (χ0n) is 10.2. The number of methoxy groups -OCH3 is 1. The fourth-order valence-corrected chi connectivity index (χ4v) is 3.22. The van der Waals surface area contributed by atoms with E-state index in [4.69, 9.17) is 4.74 Å². The van der Waals surface area contributed by atoms with Crippen molar-refractivity contribution in [3.05, 3.63) is 22.8 Å². The molecule has 90 valence electrons. The first-order valence-electron chi connectivity index (χ1n) is 6.14. The minimum Gasteiger partial charge on any atom is -0.469 e. The zero-order chi connectivity index (χ0) is 12.2. The highest BCUT2D eigenvalue weighted by Crippen LogP contribution is 2.58. The fourth-order valence-electron chi connectivity index (χ4n) is 3.22. The Morgan fingerprint density at radius 1 is 1.47 bits per heavy atom. The van der Waals surface area contributed by atoms with Crippen LogP contribution in [0.2, 0.25) is 0 Å². The van der Waals surface area contributed by atoms with E-state index in [1.807, 2.05) is 6.92 Å². The summed E-state index contributed by atoms with van der Waals surface area (Å²) >= 11 is 0. The number of rotatable bonds is 1. The number of carbonyl (C=O) groups is 2. The van der Waals surface area contributed by atoms with E-state index >= 15 is 0 Å². The molecule has 17 heavy (non-hydrogen) atoms. The van der Waals surface area contributed by atoms with Crippen LogP contribution in [0.5, 0.6) is 0 Å². The van der Waals surface area contributed by atoms with E-state index in [1.165, 1.54) is 12.7 Å². The summed E-state index contributed by atoms with van der Waals surface area (Å²) in [6.45, 7) is 2.04. The smallest absolute Gasteiger partial charge is 0.313 e. The van der Waals surface area contributed by atoms with Gasteiger partial charge < -0.3 is 4.74 Å². The average molecular weight is 232 g/mol. The van der Waals surface area contributed by atoms with Crippen LogP contribution < -0.4 is 0 Å². The Balaban J connectivity index is 2.03. The zero-order valence-corrected chi connectivity index (χ0v) is 10.2. The molecule has 3 rings (SSSR count). The summed E-state index contributed by atoms with van der Waals surface area (Å²) < 4.78 is 4.80. The molecule has 0 bridgehead atoms. The second-order valence-corrected chi connectivity index (χ2v) is 5.29. The number of esters is 1. The summed E-state index contributed by atoms with van der Waals surface area (Å²) in [5.74, 6) is -0.378. The lowest BCUT2D eigenvalue weighted by Crippen LogP contribution is -2.29. The summed E-state index contributed by atoms with van der Waals surface area (Å²) in [5.41, 5.74) is 2.77. The molecule has 1 saturated carbocycles. The molecule has 0 aliphatic heterocycles. The predicted molar refractivity (Wildman–Crippen MR) is 62.2 cm³/mol. The van der Waals surface area contributed by atoms with Crippen LogP contribution in [-0.4, -0.2) is 18.9 Å². The monoisotopic (exact) mass is 232 g/mol. The van der Waals surface area contributed by atoms with Gasteiger partial charge in [0.05, 0.1) is 18.4 Å². The molecule has 0 amide bonds. The van der Waals surface area contributed by atoms with Crippen LogP contribution >= 0.6 is 0 Å². The molecular formula is C14H16O3. The van der Waals surface area contributed by atoms with Crippen LogP contribution in [0.4, 0.5) is 0 Å². The van der Waals surface area contributed by atoms with Crippen molar-refractivity contribution in [2.45, 2.75) is 32.6 Å². The molecule has 3 heteroatoms. The van der Waals surface area contributed by atoms with Gasteiger partial charge in [-0.15, -0.1) is 0 Å². The van der Waals surface area contributed by atoms with E-state index in [1.54, 1.807) is 0 Å². The summed E-state index contributed by atoms with van der Waals surface area (Å²) in [6.07, 6.45) is 5.57. The molecule has 1 unspecified atom stereocenters. The van der Waals surface area contributed by atoms with Gasteiger partial charge in [-0.3, -0.25) is 9.59 Å². The minimum absolute atomic E-state index is 0.195. The van der Waals surface area contributed by atoms with E-state index in [2.05, 4.69) is 6.08 Å². The maximum Gasteiger partial charge on any atom is 0.313 e. The lowest BCUT2D eigenvalue weighted by atomic mass is 9.79. The van der Waals surface area contributed by atoms with Crippen molar-refractivity contribution in [1.82, 2.24) is 0 Å². The van der Waals surface area contributed by atoms with Crippen molar-refractivity contribution >= 4 is 11.8 Å². The maximum atomic E-state index is 12.5. The van der Waals surface area contributed by atoms with Gasteiger partial charge in [-0.2, -0.15) is 0 Å². The maximum absolute atomic E-state index is 12.5. The third kappa shape index (κ3) is 1.28. The lowest BCUT2D eigenvalue weighted by molar-refractivity contribution is -0.145. The summed E-state index contributed by atoms with van der Waals surface area (Å²) in [7, 11) is 1.39. The van der Waals surface area contributed by atoms with Gasteiger partial charge in [0, 0.05) is 5.57 Å². The molecule has 0 aromatic heterocycles. The van der Waals surface area contributed by atoms with Crippen LogP contribution in [0.3, 0.4) is 0 Å². The molecule has 0 saturated heterocycles. The van der Waals surface area contributed by atoms with Gasteiger partial charge in [-0.05, 0) is 38.2 Å². The van der Waals surface area contributed by atoms with E-state index in [0.717, 1.165) is 36.8 Å². The number of carbonyl (C=O) groups excluding carboxylic acids is 2. The second-order valence-electron chi connectivity index (χ2n) is 5.29. The highest BCUT2D eigenvalue weighted by atomic mass is 16.5. The van der Waals surface area contributed by atoms with Crippen LogP contribution in [-0.2, 0) is 14.3 Å². The van der Waals surface area contributed by atoms with Gasteiger partial charge in [-0.25, -0.2) is 0 Å². The van der Waals surface area contributed by atoms with Crippen molar-refractivity contribution in [1.29, 1.82) is 0 Å². The highest BCUT2D eigenvalue weighted by molar-refractivity contribution is 6.09. The molecule has 1 fully saturated rings. The van der Waals surface area contributed by atoms with E-state index < -0.39 is 0 Å². The molecule has 3 nitrogen and oxygen atoms in total. The molecule has 0 radical (unpaired) electrons. The summed E-state index contributed by atoms with van der Waals surface area (Å²) in [4.78, 5) is 24.2. The standard InChI is InChI=1S/C14H16O3/c1-8-7-9-3-4-10(13(16)17-2)11(9)12(15)14(8)5-6-14/h7,10H,3-6H2,1-2H3. The van der Waals surface area contributed by atoms with E-state index in [9.17, 15) is 9.59 Å². The predicted octanol–water partition coefficient (Wildman–Crippen LogP) is 2.18. The Labute approximate surface area is 101 Å². The van der Waals surface area contributed by atoms with Gasteiger partial charge in [0.15, 0.2) is 5.78 Å². The van der Waals surface area contributed by atoms with Crippen molar-refractivity contribution in [3.63, 3.8) is 0 Å². The van der Waals surface area contributed by atoms with E-state index in [0.29, 0.717) is 0 Å². The van der Waals surface area contributed by atoms with Gasteiger partial charge in [0.1, 0.15) is 0 Å². The first-order valence-corrected chi connectivity index (χ1v) is 6.14. The lowest BCUT2D eigenvalue weighted by Gasteiger charge is -2.23. The topological polar surface area (TPSA) is 43.4 Å². The Kier molecular flexibility index (Phi) is 2.09. The first kappa shape index (κ1) is 10.8. The molecule has 3 aliphatic carbocycles. The quantitative estimate of drug-likeness (QED) is 0.651. The molecular weight excluding hydrogens is 216 g/mol. The largest absolute Gasteiger partial charge is 0.469 e. The van der Waals surface area contributed by atoms with Gasteiger partial charge in [-0.1, -0.05) is 11.6 Å². The second kappa shape index (κ2) is 3.31. The van der Waals surface area contributed by atoms with Crippen LogP contribution in [0, 0.1) is 11.3 Å². The van der Waals surface area contributed by atoms with Crippen molar-refractivity contribution < 1.29 is 14.3 Å². The molecule has 3 aliphatic rings. The highest BCUT2D eigenvalue weighted by Gasteiger charge is 2.56. The van der Waals surface area contributed by atoms with Crippen molar-refractivity contribution in [3.8, 4) is 0 Å². The minimum atomic E-state index is -0.315. The fraction of sp³-hybridized carbons (Fsp3) is 0.571. The number of ether oxygens (including phenoxy) is 1. The first-order chi connectivity index (χ1) is 8.10. The van der Waals surface area contributed by atoms with Gasteiger partial charge in [0.2, 0.25) is 0 Å². The SMILES string of the molecule is COC(=O)C1CCC2=C1C(=O)C1(CC1)C(C)=C2. The number of Topliss-reactive ketones (excluding diaryl/α,β-unsaturated/α-hetero) is 1. The normalized spacial score (nSPS) is 29.2.